The van der Waals surface area contributed by atoms with Gasteiger partial charge in [-0.25, -0.2) is 0 Å². The summed E-state index contributed by atoms with van der Waals surface area (Å²) in [6, 6.07) is 0. The largest absolute Gasteiger partial charge is 0.491 e. The first-order valence-electron chi connectivity index (χ1n) is 3.54. The second kappa shape index (κ2) is 16.0. The highest BCUT2D eigenvalue weighted by atomic mass is 31.1. The Bertz CT molecular complexity index is 57.7. The monoisotopic (exact) mass is 166 g/mol. The van der Waals surface area contributed by atoms with E-state index < -0.39 is 8.69 Å². The van der Waals surface area contributed by atoms with Crippen LogP contribution in [0.1, 0.15) is 32.6 Å². The highest BCUT2D eigenvalue weighted by molar-refractivity contribution is 7.16. The molecule has 0 saturated carbocycles. The van der Waals surface area contributed by atoms with E-state index in [0.29, 0.717) is 0 Å². The fraction of sp³-hybridized carbons (Fsp3) is 1.00. The minimum absolute atomic E-state index is 0.861. The van der Waals surface area contributed by atoms with Crippen LogP contribution in [0.5, 0.6) is 0 Å². The lowest BCUT2D eigenvalue weighted by Crippen LogP contribution is -1.97. The van der Waals surface area contributed by atoms with Gasteiger partial charge in [0.1, 0.15) is 0 Å². The lowest BCUT2D eigenvalue weighted by molar-refractivity contribution is 0.524. The summed E-state index contributed by atoms with van der Waals surface area (Å²) in [5.41, 5.74) is 5.27. The zero-order valence-corrected chi connectivity index (χ0v) is 7.47. The average Bonchev–Trinajstić information content (AvgIpc) is 1.91. The Morgan fingerprint density at radius 3 is 2.20 bits per heavy atom. The minimum atomic E-state index is -1.17. The maximum absolute atomic E-state index is 8.51. The zero-order valence-electron chi connectivity index (χ0n) is 6.47. The Morgan fingerprint density at radius 2 is 1.90 bits per heavy atom. The molecule has 62 valence electrons. The number of unbranched alkanes of at least 4 members (excludes halogenated alkanes) is 3. The van der Waals surface area contributed by atoms with Crippen molar-refractivity contribution in [1.29, 1.82) is 0 Å². The molecule has 0 amide bonds. The second-order valence-electron chi connectivity index (χ2n) is 1.94. The fourth-order valence-electron chi connectivity index (χ4n) is 0.571. The minimum Gasteiger partial charge on any atom is -0.330 e. The van der Waals surface area contributed by atoms with Gasteiger partial charge >= 0.3 is 8.69 Å². The Hall–Kier alpha value is 0.0200. The first kappa shape index (κ1) is 12.7. The Morgan fingerprint density at radius 1 is 1.40 bits per heavy atom. The van der Waals surface area contributed by atoms with E-state index in [0.717, 1.165) is 6.54 Å². The van der Waals surface area contributed by atoms with E-state index in [1.54, 1.807) is 0 Å². The molecular weight excluding hydrogens is 149 g/mol. The highest BCUT2D eigenvalue weighted by Crippen LogP contribution is 1.95. The van der Waals surface area contributed by atoms with E-state index in [-0.39, 0.29) is 0 Å². The number of nitrogens with two attached hydrogens (primary N) is 1. The standard InChI is InChI=1S/C6H15N.HO2P/c1-2-3-4-5-6-7;1-3-2/h2-7H2,1H3;3H/p+1. The molecule has 0 radical (unpaired) electrons. The van der Waals surface area contributed by atoms with Gasteiger partial charge in [0.25, 0.3) is 0 Å². The van der Waals surface area contributed by atoms with Gasteiger partial charge in [-0.1, -0.05) is 26.2 Å². The van der Waals surface area contributed by atoms with Gasteiger partial charge in [-0.3, -0.25) is 0 Å². The summed E-state index contributed by atoms with van der Waals surface area (Å²) >= 11 is 0. The van der Waals surface area contributed by atoms with Crippen molar-refractivity contribution in [3.63, 3.8) is 0 Å². The molecule has 4 heteroatoms. The van der Waals surface area contributed by atoms with Gasteiger partial charge in [-0.05, 0) is 17.5 Å². The molecule has 0 rings (SSSR count). The van der Waals surface area contributed by atoms with E-state index in [2.05, 4.69) is 6.92 Å². The van der Waals surface area contributed by atoms with Crippen LogP contribution in [0.15, 0.2) is 0 Å². The molecule has 0 spiro atoms. The third-order valence-electron chi connectivity index (χ3n) is 1.06. The van der Waals surface area contributed by atoms with E-state index in [1.165, 1.54) is 25.7 Å². The third kappa shape index (κ3) is 24.5. The smallest absolute Gasteiger partial charge is 0.330 e. The van der Waals surface area contributed by atoms with Crippen LogP contribution in [0.4, 0.5) is 0 Å². The lowest BCUT2D eigenvalue weighted by Gasteiger charge is -1.90. The topological polar surface area (TPSA) is 63.3 Å². The van der Waals surface area contributed by atoms with Crippen LogP contribution in [-0.4, -0.2) is 11.4 Å². The molecule has 3 nitrogen and oxygen atoms in total. The summed E-state index contributed by atoms with van der Waals surface area (Å²) in [5.74, 6) is 0. The van der Waals surface area contributed by atoms with E-state index in [1.807, 2.05) is 0 Å². The molecule has 0 fully saturated rings. The van der Waals surface area contributed by atoms with Crippen LogP contribution in [0, 0.1) is 0 Å². The van der Waals surface area contributed by atoms with Gasteiger partial charge < -0.3 is 5.73 Å². The molecule has 0 aliphatic heterocycles. The van der Waals surface area contributed by atoms with Crippen molar-refractivity contribution in [2.75, 3.05) is 6.54 Å². The van der Waals surface area contributed by atoms with Crippen LogP contribution in [0.3, 0.4) is 0 Å². The second-order valence-corrected chi connectivity index (χ2v) is 2.12. The summed E-state index contributed by atoms with van der Waals surface area (Å²) in [6.07, 6.45) is 5.16. The van der Waals surface area contributed by atoms with Crippen LogP contribution in [0.2, 0.25) is 0 Å². The fourth-order valence-corrected chi connectivity index (χ4v) is 0.571. The van der Waals surface area contributed by atoms with Crippen molar-refractivity contribution in [2.45, 2.75) is 32.6 Å². The van der Waals surface area contributed by atoms with Crippen molar-refractivity contribution in [3.8, 4) is 0 Å². The van der Waals surface area contributed by atoms with Gasteiger partial charge in [0.15, 0.2) is 0 Å². The molecule has 0 aromatic rings. The van der Waals surface area contributed by atoms with Crippen molar-refractivity contribution < 1.29 is 9.46 Å². The van der Waals surface area contributed by atoms with Crippen molar-refractivity contribution in [3.05, 3.63) is 0 Å². The molecule has 0 bridgehead atoms. The van der Waals surface area contributed by atoms with Gasteiger partial charge in [0.05, 0.1) is 0 Å². The summed E-state index contributed by atoms with van der Waals surface area (Å²) in [6.45, 7) is 3.07. The predicted octanol–water partition coefficient (Wildman–Crippen LogP) is 1.44. The number of rotatable bonds is 4. The molecule has 0 aromatic heterocycles. The van der Waals surface area contributed by atoms with E-state index in [4.69, 9.17) is 15.2 Å². The molecule has 10 heavy (non-hydrogen) atoms. The average molecular weight is 166 g/mol. The van der Waals surface area contributed by atoms with Crippen LogP contribution in [0.25, 0.3) is 0 Å². The molecule has 0 aliphatic carbocycles. The summed E-state index contributed by atoms with van der Waals surface area (Å²) < 4.78 is 8.51. The van der Waals surface area contributed by atoms with Crippen LogP contribution >= 0.6 is 8.69 Å². The quantitative estimate of drug-likeness (QED) is 0.490. The first-order valence-corrected chi connectivity index (χ1v) is 4.40. The summed E-state index contributed by atoms with van der Waals surface area (Å²) in [5, 5.41) is 0. The Kier molecular flexibility index (Phi) is 20.3. The summed E-state index contributed by atoms with van der Waals surface area (Å²) in [4.78, 5) is 7.04. The Balaban J connectivity index is 0. The third-order valence-corrected chi connectivity index (χ3v) is 1.06. The molecule has 0 aromatic carbocycles. The van der Waals surface area contributed by atoms with Crippen molar-refractivity contribution >= 4 is 8.69 Å². The lowest BCUT2D eigenvalue weighted by atomic mass is 10.2. The van der Waals surface area contributed by atoms with Crippen LogP contribution < -0.4 is 5.73 Å². The van der Waals surface area contributed by atoms with Gasteiger partial charge in [-0.15, -0.1) is 0 Å². The van der Waals surface area contributed by atoms with E-state index in [9.17, 15) is 0 Å². The molecule has 0 aliphatic rings. The SMILES string of the molecule is CCCCCCN.O=[PH+]O. The highest BCUT2D eigenvalue weighted by Gasteiger charge is 1.80. The molecule has 0 heterocycles. The summed E-state index contributed by atoms with van der Waals surface area (Å²) in [7, 11) is -1.17. The van der Waals surface area contributed by atoms with E-state index >= 15 is 0 Å². The van der Waals surface area contributed by atoms with Gasteiger partial charge in [-0.2, -0.15) is 4.89 Å². The number of hydrogen-bond donors (Lipinski definition) is 2. The maximum Gasteiger partial charge on any atom is 0.491 e. The molecule has 1 atom stereocenters. The molecule has 3 N–H and O–H groups in total. The van der Waals surface area contributed by atoms with Gasteiger partial charge in [0, 0.05) is 0 Å². The number of hydrogen-bond acceptors (Lipinski definition) is 2. The Labute approximate surface area is 63.9 Å². The van der Waals surface area contributed by atoms with Crippen molar-refractivity contribution in [1.82, 2.24) is 0 Å². The maximum atomic E-state index is 8.51. The molecule has 1 unspecified atom stereocenters. The normalized spacial score (nSPS) is 8.70. The molecule has 0 saturated heterocycles. The van der Waals surface area contributed by atoms with Gasteiger partial charge in [0.2, 0.25) is 0 Å². The predicted molar refractivity (Wildman–Crippen MR) is 44.4 cm³/mol. The first-order chi connectivity index (χ1) is 4.83. The van der Waals surface area contributed by atoms with Crippen molar-refractivity contribution in [2.24, 2.45) is 5.73 Å². The molecular formula is C6H17NO2P+. The zero-order chi connectivity index (χ0) is 8.24. The van der Waals surface area contributed by atoms with Crippen LogP contribution in [-0.2, 0) is 4.57 Å².